The lowest BCUT2D eigenvalue weighted by Gasteiger charge is -2.10. The van der Waals surface area contributed by atoms with Gasteiger partial charge in [-0.15, -0.1) is 0 Å². The predicted octanol–water partition coefficient (Wildman–Crippen LogP) is 4.60. The van der Waals surface area contributed by atoms with Crippen LogP contribution in [0.5, 0.6) is 5.75 Å². The molecule has 1 aromatic heterocycles. The summed E-state index contributed by atoms with van der Waals surface area (Å²) in [6, 6.07) is 15.2. The van der Waals surface area contributed by atoms with Crippen LogP contribution in [-0.2, 0) is 6.42 Å². The van der Waals surface area contributed by atoms with Gasteiger partial charge in [-0.05, 0) is 48.4 Å². The summed E-state index contributed by atoms with van der Waals surface area (Å²) in [4.78, 5) is 16.6. The van der Waals surface area contributed by atoms with E-state index in [4.69, 9.17) is 16.3 Å². The van der Waals surface area contributed by atoms with Crippen molar-refractivity contribution >= 4 is 29.0 Å². The molecule has 0 saturated heterocycles. The number of pyridine rings is 1. The van der Waals surface area contributed by atoms with Crippen LogP contribution < -0.4 is 15.4 Å². The van der Waals surface area contributed by atoms with Crippen molar-refractivity contribution < 1.29 is 13.9 Å². The van der Waals surface area contributed by atoms with Crippen LogP contribution in [0, 0.1) is 5.82 Å². The van der Waals surface area contributed by atoms with Gasteiger partial charge in [-0.2, -0.15) is 0 Å². The van der Waals surface area contributed by atoms with Crippen LogP contribution in [0.4, 0.5) is 15.9 Å². The van der Waals surface area contributed by atoms with Gasteiger partial charge in [0.25, 0.3) is 5.91 Å². The van der Waals surface area contributed by atoms with Gasteiger partial charge >= 0.3 is 0 Å². The third-order valence-electron chi connectivity index (χ3n) is 4.09. The first-order valence-corrected chi connectivity index (χ1v) is 9.03. The molecule has 0 aliphatic heterocycles. The van der Waals surface area contributed by atoms with Crippen molar-refractivity contribution in [2.45, 2.75) is 6.42 Å². The molecule has 144 valence electrons. The highest BCUT2D eigenvalue weighted by Gasteiger charge is 2.09. The van der Waals surface area contributed by atoms with Crippen molar-refractivity contribution in [2.75, 3.05) is 19.0 Å². The van der Waals surface area contributed by atoms with Crippen molar-refractivity contribution in [2.24, 2.45) is 0 Å². The molecule has 2 aromatic carbocycles. The number of hydrogen-bond donors (Lipinski definition) is 2. The molecule has 0 aliphatic rings. The van der Waals surface area contributed by atoms with E-state index < -0.39 is 5.82 Å². The molecule has 0 fully saturated rings. The Morgan fingerprint density at radius 3 is 2.79 bits per heavy atom. The smallest absolute Gasteiger partial charge is 0.251 e. The fourth-order valence-electron chi connectivity index (χ4n) is 2.68. The molecular formula is C21H19ClFN3O2. The molecule has 5 nitrogen and oxygen atoms in total. The van der Waals surface area contributed by atoms with E-state index in [1.54, 1.807) is 25.3 Å². The summed E-state index contributed by atoms with van der Waals surface area (Å²) < 4.78 is 18.6. The number of halogens is 2. The number of benzene rings is 2. The summed E-state index contributed by atoms with van der Waals surface area (Å²) in [5, 5.41) is 5.90. The topological polar surface area (TPSA) is 63.2 Å². The molecule has 3 aromatic rings. The summed E-state index contributed by atoms with van der Waals surface area (Å²) in [6.45, 7) is 0.470. The van der Waals surface area contributed by atoms with Crippen LogP contribution in [0.1, 0.15) is 15.9 Å². The number of hydrogen-bond acceptors (Lipinski definition) is 4. The second kappa shape index (κ2) is 9.19. The lowest BCUT2D eigenvalue weighted by molar-refractivity contribution is 0.0954. The number of rotatable bonds is 7. The van der Waals surface area contributed by atoms with Crippen molar-refractivity contribution in [3.63, 3.8) is 0 Å². The van der Waals surface area contributed by atoms with Crippen molar-refractivity contribution in [3.05, 3.63) is 82.8 Å². The van der Waals surface area contributed by atoms with E-state index in [0.29, 0.717) is 30.0 Å². The number of nitrogens with zero attached hydrogens (tertiary/aromatic N) is 1. The van der Waals surface area contributed by atoms with Crippen LogP contribution in [0.2, 0.25) is 5.02 Å². The Balaban J connectivity index is 1.61. The fraction of sp³-hybridized carbons (Fsp3) is 0.143. The lowest BCUT2D eigenvalue weighted by atomic mass is 10.1. The number of aromatic nitrogens is 1. The number of para-hydroxylation sites is 1. The van der Waals surface area contributed by atoms with Gasteiger partial charge in [0.1, 0.15) is 17.4 Å². The SMILES string of the molecule is COc1ccccc1CCNC(=O)c1ccnc(Nc2ccc(F)c(Cl)c2)c1. The van der Waals surface area contributed by atoms with E-state index in [-0.39, 0.29) is 10.9 Å². The normalized spacial score (nSPS) is 10.4. The second-order valence-electron chi connectivity index (χ2n) is 6.00. The van der Waals surface area contributed by atoms with Crippen LogP contribution >= 0.6 is 11.6 Å². The quantitative estimate of drug-likeness (QED) is 0.609. The zero-order valence-corrected chi connectivity index (χ0v) is 16.0. The maximum Gasteiger partial charge on any atom is 0.251 e. The van der Waals surface area contributed by atoms with Gasteiger partial charge in [-0.3, -0.25) is 4.79 Å². The highest BCUT2D eigenvalue weighted by Crippen LogP contribution is 2.22. The fourth-order valence-corrected chi connectivity index (χ4v) is 2.86. The molecule has 28 heavy (non-hydrogen) atoms. The van der Waals surface area contributed by atoms with Gasteiger partial charge in [-0.25, -0.2) is 9.37 Å². The number of methoxy groups -OCH3 is 1. The third-order valence-corrected chi connectivity index (χ3v) is 4.38. The van der Waals surface area contributed by atoms with Gasteiger partial charge < -0.3 is 15.4 Å². The molecule has 1 heterocycles. The Kier molecular flexibility index (Phi) is 6.45. The molecular weight excluding hydrogens is 381 g/mol. The second-order valence-corrected chi connectivity index (χ2v) is 6.41. The number of carbonyl (C=O) groups excluding carboxylic acids is 1. The van der Waals surface area contributed by atoms with Gasteiger partial charge in [-0.1, -0.05) is 29.8 Å². The first-order chi connectivity index (χ1) is 13.6. The van der Waals surface area contributed by atoms with Gasteiger partial charge in [0.05, 0.1) is 12.1 Å². The number of anilines is 2. The van der Waals surface area contributed by atoms with E-state index in [0.717, 1.165) is 11.3 Å². The molecule has 0 aliphatic carbocycles. The molecule has 0 atom stereocenters. The van der Waals surface area contributed by atoms with Crippen LogP contribution in [0.25, 0.3) is 0 Å². The zero-order valence-electron chi connectivity index (χ0n) is 15.2. The Labute approximate surface area is 167 Å². The average Bonchev–Trinajstić information content (AvgIpc) is 2.71. The standard InChI is InChI=1S/C21H19ClFN3O2/c1-28-19-5-3-2-4-14(19)8-11-25-21(27)15-9-10-24-20(12-15)26-16-6-7-18(23)17(22)13-16/h2-7,9-10,12-13H,8,11H2,1H3,(H,24,26)(H,25,27). The molecule has 0 unspecified atom stereocenters. The predicted molar refractivity (Wildman–Crippen MR) is 108 cm³/mol. The first kappa shape index (κ1) is 19.6. The van der Waals surface area contributed by atoms with Gasteiger partial charge in [0.15, 0.2) is 0 Å². The van der Waals surface area contributed by atoms with Crippen LogP contribution in [0.15, 0.2) is 60.8 Å². The molecule has 2 N–H and O–H groups in total. The largest absolute Gasteiger partial charge is 0.496 e. The van der Waals surface area contributed by atoms with E-state index in [1.807, 2.05) is 24.3 Å². The van der Waals surface area contributed by atoms with Crippen molar-refractivity contribution in [3.8, 4) is 5.75 Å². The maximum atomic E-state index is 13.3. The van der Waals surface area contributed by atoms with Crippen LogP contribution in [0.3, 0.4) is 0 Å². The van der Waals surface area contributed by atoms with Crippen LogP contribution in [-0.4, -0.2) is 24.5 Å². The molecule has 0 radical (unpaired) electrons. The van der Waals surface area contributed by atoms with E-state index in [9.17, 15) is 9.18 Å². The molecule has 0 spiro atoms. The van der Waals surface area contributed by atoms with Gasteiger partial charge in [0, 0.05) is 24.0 Å². The number of ether oxygens (including phenoxy) is 1. The van der Waals surface area contributed by atoms with Gasteiger partial charge in [0.2, 0.25) is 0 Å². The monoisotopic (exact) mass is 399 g/mol. The first-order valence-electron chi connectivity index (χ1n) is 8.65. The minimum absolute atomic E-state index is 0.00948. The summed E-state index contributed by atoms with van der Waals surface area (Å²) >= 11 is 5.78. The number of nitrogens with one attached hydrogen (secondary N) is 2. The molecule has 0 bridgehead atoms. The molecule has 1 amide bonds. The minimum Gasteiger partial charge on any atom is -0.496 e. The highest BCUT2D eigenvalue weighted by atomic mass is 35.5. The Bertz CT molecular complexity index is 981. The third kappa shape index (κ3) is 4.98. The molecule has 3 rings (SSSR count). The summed E-state index contributed by atoms with van der Waals surface area (Å²) in [5.74, 6) is 0.547. The average molecular weight is 400 g/mol. The Morgan fingerprint density at radius 2 is 2.00 bits per heavy atom. The molecule has 7 heteroatoms. The summed E-state index contributed by atoms with van der Waals surface area (Å²) in [6.07, 6.45) is 2.18. The van der Waals surface area contributed by atoms with E-state index in [2.05, 4.69) is 15.6 Å². The Hall–Kier alpha value is -3.12. The van der Waals surface area contributed by atoms with Crippen molar-refractivity contribution in [1.29, 1.82) is 0 Å². The highest BCUT2D eigenvalue weighted by molar-refractivity contribution is 6.31. The summed E-state index contributed by atoms with van der Waals surface area (Å²) in [7, 11) is 1.62. The number of carbonyl (C=O) groups is 1. The number of amides is 1. The van der Waals surface area contributed by atoms with E-state index >= 15 is 0 Å². The summed E-state index contributed by atoms with van der Waals surface area (Å²) in [5.41, 5.74) is 2.06. The van der Waals surface area contributed by atoms with Crippen molar-refractivity contribution in [1.82, 2.24) is 10.3 Å². The lowest BCUT2D eigenvalue weighted by Crippen LogP contribution is -2.25. The minimum atomic E-state index is -0.497. The Morgan fingerprint density at radius 1 is 1.18 bits per heavy atom. The molecule has 0 saturated carbocycles. The maximum absolute atomic E-state index is 13.3. The zero-order chi connectivity index (χ0) is 19.9. The van der Waals surface area contributed by atoms with E-state index in [1.165, 1.54) is 18.3 Å².